The van der Waals surface area contributed by atoms with Crippen LogP contribution in [0.5, 0.6) is 0 Å². The van der Waals surface area contributed by atoms with E-state index in [0.29, 0.717) is 0 Å². The van der Waals surface area contributed by atoms with Crippen LogP contribution in [0.25, 0.3) is 39.2 Å². The Morgan fingerprint density at radius 3 is 1.93 bits per heavy atom. The minimum absolute atomic E-state index is 0.217. The van der Waals surface area contributed by atoms with Crippen molar-refractivity contribution >= 4 is 11.4 Å². The molecule has 1 atom stereocenters. The molecule has 7 rings (SSSR count). The molecule has 2 heterocycles. The molecule has 0 spiro atoms. The molecule has 1 aliphatic carbocycles. The quantitative estimate of drug-likeness (QED) is 0.240. The van der Waals surface area contributed by atoms with Crippen molar-refractivity contribution in [1.82, 2.24) is 10.3 Å². The summed E-state index contributed by atoms with van der Waals surface area (Å²) in [4.78, 5) is 10.1. The zero-order valence-corrected chi connectivity index (χ0v) is 24.0. The molecule has 1 N–H and O–H groups in total. The van der Waals surface area contributed by atoms with E-state index in [0.717, 1.165) is 63.6 Å². The van der Waals surface area contributed by atoms with Gasteiger partial charge in [0.05, 0.1) is 11.4 Å². The van der Waals surface area contributed by atoms with E-state index in [-0.39, 0.29) is 6.04 Å². The third-order valence-corrected chi connectivity index (χ3v) is 8.03. The third kappa shape index (κ3) is 5.22. The predicted molar refractivity (Wildman–Crippen MR) is 175 cm³/mol. The molecular formula is C39H33N3. The monoisotopic (exact) mass is 543 g/mol. The van der Waals surface area contributed by atoms with E-state index in [1.54, 1.807) is 0 Å². The number of hydrogen-bond donors (Lipinski definition) is 1. The highest BCUT2D eigenvalue weighted by atomic mass is 15.0. The summed E-state index contributed by atoms with van der Waals surface area (Å²) in [7, 11) is 0. The van der Waals surface area contributed by atoms with Gasteiger partial charge in [0.15, 0.2) is 0 Å². The van der Waals surface area contributed by atoms with Crippen molar-refractivity contribution < 1.29 is 0 Å². The number of hydrogen-bond acceptors (Lipinski definition) is 3. The normalized spacial score (nSPS) is 16.0. The molecule has 0 bridgehead atoms. The number of aromatic nitrogens is 1. The minimum Gasteiger partial charge on any atom is -0.364 e. The van der Waals surface area contributed by atoms with Crippen molar-refractivity contribution in [2.45, 2.75) is 32.7 Å². The molecule has 204 valence electrons. The van der Waals surface area contributed by atoms with Gasteiger partial charge in [0.2, 0.25) is 0 Å². The lowest BCUT2D eigenvalue weighted by Crippen LogP contribution is -2.34. The average molecular weight is 544 g/mol. The van der Waals surface area contributed by atoms with Crippen molar-refractivity contribution in [2.75, 3.05) is 0 Å². The Hall–Kier alpha value is -5.02. The highest BCUT2D eigenvalue weighted by Gasteiger charge is 2.19. The van der Waals surface area contributed by atoms with E-state index in [4.69, 9.17) is 9.98 Å². The molecule has 5 aromatic rings. The van der Waals surface area contributed by atoms with Crippen LogP contribution in [-0.4, -0.2) is 16.9 Å². The van der Waals surface area contributed by atoms with E-state index in [2.05, 4.69) is 134 Å². The van der Waals surface area contributed by atoms with Crippen LogP contribution in [0.1, 0.15) is 42.5 Å². The number of fused-ring (bicyclic) bond motifs is 1. The van der Waals surface area contributed by atoms with Crippen LogP contribution >= 0.6 is 0 Å². The molecule has 0 radical (unpaired) electrons. The lowest BCUT2D eigenvalue weighted by Gasteiger charge is -2.23. The molecule has 0 saturated heterocycles. The van der Waals surface area contributed by atoms with E-state index >= 15 is 0 Å². The Morgan fingerprint density at radius 2 is 1.24 bits per heavy atom. The Labute approximate surface area is 248 Å². The Morgan fingerprint density at radius 1 is 0.643 bits per heavy atom. The standard InChI is InChI=1S/C39H33N3/c1-26-20-27(2)41-39(40-26)34-22-31(21-33(23-34)36-19-11-17-28-12-9-10-18-35(28)36)32-24-37(29-13-5-3-6-14-29)42-38(25-32)30-15-7-4-8-16-30/h3-10,12-16,18-26H,11,17H2,1-2H3,(H,40,41). The average Bonchev–Trinajstić information content (AvgIpc) is 3.04. The second-order valence-electron chi connectivity index (χ2n) is 11.2. The van der Waals surface area contributed by atoms with Gasteiger partial charge in [0, 0.05) is 28.4 Å². The fourth-order valence-corrected chi connectivity index (χ4v) is 6.07. The molecular weight excluding hydrogens is 510 g/mol. The van der Waals surface area contributed by atoms with Gasteiger partial charge in [-0.3, -0.25) is 0 Å². The zero-order valence-electron chi connectivity index (χ0n) is 24.0. The van der Waals surface area contributed by atoms with Gasteiger partial charge < -0.3 is 5.32 Å². The first-order chi connectivity index (χ1) is 20.6. The number of amidine groups is 1. The number of benzene rings is 4. The molecule has 2 aliphatic rings. The topological polar surface area (TPSA) is 37.3 Å². The molecule has 42 heavy (non-hydrogen) atoms. The van der Waals surface area contributed by atoms with Gasteiger partial charge >= 0.3 is 0 Å². The van der Waals surface area contributed by atoms with E-state index < -0.39 is 0 Å². The summed E-state index contributed by atoms with van der Waals surface area (Å²) >= 11 is 0. The largest absolute Gasteiger partial charge is 0.364 e. The number of nitrogens with one attached hydrogen (secondary N) is 1. The van der Waals surface area contributed by atoms with Crippen molar-refractivity contribution in [3.8, 4) is 33.6 Å². The summed E-state index contributed by atoms with van der Waals surface area (Å²) in [5.74, 6) is 0.913. The lowest BCUT2D eigenvalue weighted by molar-refractivity contribution is 0.778. The van der Waals surface area contributed by atoms with Gasteiger partial charge in [-0.25, -0.2) is 9.98 Å². The number of pyridine rings is 1. The van der Waals surface area contributed by atoms with E-state index in [9.17, 15) is 0 Å². The summed E-state index contributed by atoms with van der Waals surface area (Å²) < 4.78 is 0. The molecule has 0 fully saturated rings. The van der Waals surface area contributed by atoms with Crippen LogP contribution in [0, 0.1) is 0 Å². The lowest BCUT2D eigenvalue weighted by atomic mass is 9.85. The summed E-state index contributed by atoms with van der Waals surface area (Å²) in [6, 6.07) is 41.3. The van der Waals surface area contributed by atoms with Crippen molar-refractivity contribution in [1.29, 1.82) is 0 Å². The molecule has 3 nitrogen and oxygen atoms in total. The number of allylic oxidation sites excluding steroid dienone is 2. The van der Waals surface area contributed by atoms with Crippen LogP contribution in [0.4, 0.5) is 0 Å². The van der Waals surface area contributed by atoms with Gasteiger partial charge in [0.1, 0.15) is 5.84 Å². The zero-order chi connectivity index (χ0) is 28.5. The van der Waals surface area contributed by atoms with Crippen LogP contribution in [0.15, 0.2) is 138 Å². The van der Waals surface area contributed by atoms with Gasteiger partial charge in [-0.1, -0.05) is 91.0 Å². The second kappa shape index (κ2) is 11.1. The summed E-state index contributed by atoms with van der Waals surface area (Å²) in [5, 5.41) is 3.61. The first-order valence-electron chi connectivity index (χ1n) is 14.7. The van der Waals surface area contributed by atoms with Gasteiger partial charge in [-0.2, -0.15) is 0 Å². The number of rotatable bonds is 5. The first kappa shape index (κ1) is 25.9. The highest BCUT2D eigenvalue weighted by Crippen LogP contribution is 2.36. The second-order valence-corrected chi connectivity index (χ2v) is 11.2. The third-order valence-electron chi connectivity index (χ3n) is 8.03. The van der Waals surface area contributed by atoms with Gasteiger partial charge in [0.25, 0.3) is 0 Å². The summed E-state index contributed by atoms with van der Waals surface area (Å²) in [6.45, 7) is 4.24. The Balaban J connectivity index is 1.45. The van der Waals surface area contributed by atoms with Crippen LogP contribution in [-0.2, 0) is 6.42 Å². The fraction of sp³-hybridized carbons (Fsp3) is 0.128. The maximum absolute atomic E-state index is 5.12. The van der Waals surface area contributed by atoms with Gasteiger partial charge in [-0.05, 0) is 96.5 Å². The van der Waals surface area contributed by atoms with Crippen LogP contribution < -0.4 is 5.32 Å². The molecule has 0 saturated carbocycles. The molecule has 1 aromatic heterocycles. The summed E-state index contributed by atoms with van der Waals surface area (Å²) in [6.07, 6.45) is 6.67. The predicted octanol–water partition coefficient (Wildman–Crippen LogP) is 9.10. The Kier molecular flexibility index (Phi) is 6.85. The molecule has 1 unspecified atom stereocenters. The fourth-order valence-electron chi connectivity index (χ4n) is 6.07. The van der Waals surface area contributed by atoms with Gasteiger partial charge in [-0.15, -0.1) is 0 Å². The number of aliphatic imine (C=N–C) groups is 1. The minimum atomic E-state index is 0.217. The molecule has 3 heteroatoms. The number of aryl methyl sites for hydroxylation is 1. The van der Waals surface area contributed by atoms with E-state index in [1.165, 1.54) is 22.3 Å². The molecule has 1 aliphatic heterocycles. The van der Waals surface area contributed by atoms with Crippen molar-refractivity contribution in [2.24, 2.45) is 4.99 Å². The first-order valence-corrected chi connectivity index (χ1v) is 14.7. The van der Waals surface area contributed by atoms with Crippen molar-refractivity contribution in [3.05, 3.63) is 155 Å². The van der Waals surface area contributed by atoms with Crippen LogP contribution in [0.2, 0.25) is 0 Å². The van der Waals surface area contributed by atoms with Crippen molar-refractivity contribution in [3.63, 3.8) is 0 Å². The SMILES string of the molecule is CC1=CC(C)NC(c2cc(C3=CCCc4ccccc43)cc(-c3cc(-c4ccccc4)nc(-c4ccccc4)c3)c2)=N1. The molecule has 0 amide bonds. The number of nitrogens with zero attached hydrogens (tertiary/aromatic N) is 2. The molecule has 4 aromatic carbocycles. The highest BCUT2D eigenvalue weighted by molar-refractivity contribution is 6.02. The maximum atomic E-state index is 5.12. The summed E-state index contributed by atoms with van der Waals surface area (Å²) in [5.41, 5.74) is 13.7. The maximum Gasteiger partial charge on any atom is 0.134 e. The smallest absolute Gasteiger partial charge is 0.134 e. The van der Waals surface area contributed by atoms with E-state index in [1.807, 2.05) is 12.1 Å². The Bertz CT molecular complexity index is 1810. The van der Waals surface area contributed by atoms with Crippen LogP contribution in [0.3, 0.4) is 0 Å².